The predicted molar refractivity (Wildman–Crippen MR) is 65.7 cm³/mol. The molecule has 80 valence electrons. The Balaban J connectivity index is 2.70. The maximum atomic E-state index is 6.14. The minimum absolute atomic E-state index is 0.634. The van der Waals surface area contributed by atoms with Crippen molar-refractivity contribution in [1.29, 1.82) is 0 Å². The first-order chi connectivity index (χ1) is 7.13. The van der Waals surface area contributed by atoms with Gasteiger partial charge in [0, 0.05) is 23.2 Å². The predicted octanol–water partition coefficient (Wildman–Crippen LogP) is 2.99. The van der Waals surface area contributed by atoms with Gasteiger partial charge in [0.1, 0.15) is 0 Å². The highest BCUT2D eigenvalue weighted by Gasteiger charge is 2.09. The molecular formula is C11H12Cl2N2. The fourth-order valence-electron chi connectivity index (χ4n) is 1.86. The van der Waals surface area contributed by atoms with Crippen LogP contribution in [0.3, 0.4) is 0 Å². The van der Waals surface area contributed by atoms with E-state index in [-0.39, 0.29) is 0 Å². The Morgan fingerprint density at radius 3 is 2.67 bits per heavy atom. The molecule has 2 aromatic rings. The van der Waals surface area contributed by atoms with E-state index in [0.717, 1.165) is 17.3 Å². The summed E-state index contributed by atoms with van der Waals surface area (Å²) in [6.45, 7) is 0.634. The van der Waals surface area contributed by atoms with E-state index in [2.05, 4.69) is 10.6 Å². The van der Waals surface area contributed by atoms with Crippen LogP contribution in [0.25, 0.3) is 10.9 Å². The van der Waals surface area contributed by atoms with E-state index < -0.39 is 0 Å². The van der Waals surface area contributed by atoms with Gasteiger partial charge in [0.25, 0.3) is 0 Å². The van der Waals surface area contributed by atoms with Gasteiger partial charge < -0.3 is 10.3 Å². The fraction of sp³-hybridized carbons (Fsp3) is 0.273. The Hall–Kier alpha value is -0.700. The Labute approximate surface area is 98.6 Å². The lowest BCUT2D eigenvalue weighted by molar-refractivity contribution is 0.827. The van der Waals surface area contributed by atoms with Gasteiger partial charge in [-0.25, -0.2) is 0 Å². The van der Waals surface area contributed by atoms with Crippen LogP contribution in [0.2, 0.25) is 10.0 Å². The topological polar surface area (TPSA) is 30.9 Å². The molecule has 0 saturated heterocycles. The number of hydrogen-bond donors (Lipinski definition) is 1. The van der Waals surface area contributed by atoms with E-state index in [0.29, 0.717) is 16.6 Å². The number of nitrogens with two attached hydrogens (primary N) is 1. The highest BCUT2D eigenvalue weighted by Crippen LogP contribution is 2.30. The molecule has 0 bridgehead atoms. The monoisotopic (exact) mass is 242 g/mol. The molecule has 0 aliphatic rings. The van der Waals surface area contributed by atoms with Gasteiger partial charge in [0.2, 0.25) is 0 Å². The smallest absolute Gasteiger partial charge is 0.0670 e. The summed E-state index contributed by atoms with van der Waals surface area (Å²) >= 11 is 12.1. The summed E-state index contributed by atoms with van der Waals surface area (Å²) in [6.07, 6.45) is 0.846. The van der Waals surface area contributed by atoms with Gasteiger partial charge in [-0.05, 0) is 31.2 Å². The minimum atomic E-state index is 0.634. The maximum Gasteiger partial charge on any atom is 0.0670 e. The van der Waals surface area contributed by atoms with Gasteiger partial charge in [-0.3, -0.25) is 0 Å². The summed E-state index contributed by atoms with van der Waals surface area (Å²) in [5, 5.41) is 2.42. The molecule has 1 aromatic carbocycles. The third-order valence-electron chi connectivity index (χ3n) is 2.55. The number of hydrogen-bond acceptors (Lipinski definition) is 1. The summed E-state index contributed by atoms with van der Waals surface area (Å²) in [7, 11) is 1.99. The molecule has 0 amide bonds. The van der Waals surface area contributed by atoms with Crippen molar-refractivity contribution in [3.05, 3.63) is 33.9 Å². The second-order valence-corrected chi connectivity index (χ2v) is 4.40. The Morgan fingerprint density at radius 2 is 2.00 bits per heavy atom. The van der Waals surface area contributed by atoms with Crippen LogP contribution in [-0.4, -0.2) is 11.1 Å². The number of fused-ring (bicyclic) bond motifs is 1. The van der Waals surface area contributed by atoms with E-state index in [1.807, 2.05) is 13.1 Å². The minimum Gasteiger partial charge on any atom is -0.346 e. The van der Waals surface area contributed by atoms with Crippen molar-refractivity contribution in [3.63, 3.8) is 0 Å². The molecule has 1 heterocycles. The van der Waals surface area contributed by atoms with E-state index in [1.54, 1.807) is 6.07 Å². The van der Waals surface area contributed by atoms with Gasteiger partial charge in [-0.15, -0.1) is 0 Å². The van der Waals surface area contributed by atoms with E-state index in [1.165, 1.54) is 5.69 Å². The third kappa shape index (κ3) is 1.85. The second kappa shape index (κ2) is 4.05. The molecule has 1 aromatic heterocycles. The lowest BCUT2D eigenvalue weighted by Gasteiger charge is -2.03. The fourth-order valence-corrected chi connectivity index (χ4v) is 2.49. The van der Waals surface area contributed by atoms with Crippen LogP contribution in [-0.2, 0) is 13.5 Å². The van der Waals surface area contributed by atoms with E-state index in [9.17, 15) is 0 Å². The van der Waals surface area contributed by atoms with E-state index in [4.69, 9.17) is 28.9 Å². The molecule has 0 atom stereocenters. The van der Waals surface area contributed by atoms with Crippen LogP contribution in [0.1, 0.15) is 5.69 Å². The third-order valence-corrected chi connectivity index (χ3v) is 3.05. The van der Waals surface area contributed by atoms with Gasteiger partial charge in [0.15, 0.2) is 0 Å². The van der Waals surface area contributed by atoms with Crippen LogP contribution in [0.5, 0.6) is 0 Å². The first-order valence-corrected chi connectivity index (χ1v) is 5.52. The molecule has 2 N–H and O–H groups in total. The molecule has 0 saturated carbocycles. The van der Waals surface area contributed by atoms with Crippen LogP contribution in [0.15, 0.2) is 18.2 Å². The van der Waals surface area contributed by atoms with Crippen LogP contribution in [0.4, 0.5) is 0 Å². The van der Waals surface area contributed by atoms with Gasteiger partial charge in [-0.2, -0.15) is 0 Å². The highest BCUT2D eigenvalue weighted by molar-refractivity contribution is 6.38. The average Bonchev–Trinajstić information content (AvgIpc) is 2.43. The number of rotatable bonds is 2. The zero-order valence-corrected chi connectivity index (χ0v) is 9.94. The molecule has 15 heavy (non-hydrogen) atoms. The van der Waals surface area contributed by atoms with Crippen molar-refractivity contribution in [3.8, 4) is 0 Å². The van der Waals surface area contributed by atoms with Gasteiger partial charge >= 0.3 is 0 Å². The van der Waals surface area contributed by atoms with Gasteiger partial charge in [-0.1, -0.05) is 23.2 Å². The van der Waals surface area contributed by atoms with Crippen molar-refractivity contribution in [1.82, 2.24) is 4.57 Å². The summed E-state index contributed by atoms with van der Waals surface area (Å²) in [5.74, 6) is 0. The number of halogens is 2. The lowest BCUT2D eigenvalue weighted by atomic mass is 10.2. The molecule has 0 aliphatic heterocycles. The van der Waals surface area contributed by atoms with Crippen LogP contribution >= 0.6 is 23.2 Å². The van der Waals surface area contributed by atoms with Crippen molar-refractivity contribution < 1.29 is 0 Å². The van der Waals surface area contributed by atoms with Crippen LogP contribution < -0.4 is 5.73 Å². The number of nitrogens with zero attached hydrogens (tertiary/aromatic N) is 1. The second-order valence-electron chi connectivity index (χ2n) is 3.56. The SMILES string of the molecule is Cn1c(CCN)cc2cc(Cl)cc(Cl)c21. The summed E-state index contributed by atoms with van der Waals surface area (Å²) in [4.78, 5) is 0. The summed E-state index contributed by atoms with van der Waals surface area (Å²) in [6, 6.07) is 5.76. The van der Waals surface area contributed by atoms with E-state index >= 15 is 0 Å². The maximum absolute atomic E-state index is 6.14. The molecule has 0 spiro atoms. The van der Waals surface area contributed by atoms with Crippen molar-refractivity contribution in [2.75, 3.05) is 6.54 Å². The first-order valence-electron chi connectivity index (χ1n) is 4.77. The zero-order chi connectivity index (χ0) is 11.0. The Kier molecular flexibility index (Phi) is 2.91. The van der Waals surface area contributed by atoms with Crippen molar-refractivity contribution >= 4 is 34.1 Å². The summed E-state index contributed by atoms with van der Waals surface area (Å²) < 4.78 is 2.07. The normalized spacial score (nSPS) is 11.2. The lowest BCUT2D eigenvalue weighted by Crippen LogP contribution is -2.06. The Morgan fingerprint density at radius 1 is 1.27 bits per heavy atom. The average molecular weight is 243 g/mol. The van der Waals surface area contributed by atoms with Crippen molar-refractivity contribution in [2.45, 2.75) is 6.42 Å². The Bertz CT molecular complexity index is 503. The highest BCUT2D eigenvalue weighted by atomic mass is 35.5. The summed E-state index contributed by atoms with van der Waals surface area (Å²) in [5.41, 5.74) is 7.74. The van der Waals surface area contributed by atoms with Crippen LogP contribution in [0, 0.1) is 0 Å². The molecule has 0 radical (unpaired) electrons. The largest absolute Gasteiger partial charge is 0.346 e. The quantitative estimate of drug-likeness (QED) is 0.863. The van der Waals surface area contributed by atoms with Crippen molar-refractivity contribution in [2.24, 2.45) is 12.8 Å². The molecule has 0 aliphatic carbocycles. The standard InChI is InChI=1S/C11H12Cl2N2/c1-15-9(2-3-14)5-7-4-8(12)6-10(13)11(7)15/h4-6H,2-3,14H2,1H3. The van der Waals surface area contributed by atoms with Gasteiger partial charge in [0.05, 0.1) is 10.5 Å². The molecule has 2 rings (SSSR count). The first kappa shape index (κ1) is 10.8. The molecule has 0 fully saturated rings. The molecular weight excluding hydrogens is 231 g/mol. The number of benzene rings is 1. The zero-order valence-electron chi connectivity index (χ0n) is 8.43. The molecule has 2 nitrogen and oxygen atoms in total. The molecule has 4 heteroatoms. The number of aromatic nitrogens is 1. The molecule has 0 unspecified atom stereocenters. The number of aryl methyl sites for hydroxylation is 1.